The molecule has 0 aliphatic carbocycles. The number of hydrogen-bond donors (Lipinski definition) is 2. The van der Waals surface area contributed by atoms with Crippen molar-refractivity contribution >= 4 is 28.3 Å². The van der Waals surface area contributed by atoms with Gasteiger partial charge in [0.05, 0.1) is 11.1 Å². The van der Waals surface area contributed by atoms with Gasteiger partial charge in [0, 0.05) is 34.3 Å². The number of amides is 1. The number of fused-ring (bicyclic) bond motifs is 2. The van der Waals surface area contributed by atoms with E-state index < -0.39 is 5.91 Å². The Kier molecular flexibility index (Phi) is 5.30. The van der Waals surface area contributed by atoms with Crippen LogP contribution >= 0.6 is 0 Å². The summed E-state index contributed by atoms with van der Waals surface area (Å²) in [4.78, 5) is 22.1. The minimum atomic E-state index is -0.427. The molecule has 1 amide bonds. The fraction of sp³-hybridized carbons (Fsp3) is 0.0357. The minimum absolute atomic E-state index is 0.271. The summed E-state index contributed by atoms with van der Waals surface area (Å²) >= 11 is 0. The van der Waals surface area contributed by atoms with Gasteiger partial charge in [-0.15, -0.1) is 0 Å². The van der Waals surface area contributed by atoms with E-state index in [1.54, 1.807) is 72.4 Å². The van der Waals surface area contributed by atoms with E-state index in [2.05, 4.69) is 15.4 Å². The van der Waals surface area contributed by atoms with Crippen molar-refractivity contribution in [1.29, 1.82) is 0 Å². The van der Waals surface area contributed by atoms with Crippen LogP contribution in [0.3, 0.4) is 0 Å². The highest BCUT2D eigenvalue weighted by atomic mass is 19.1. The lowest BCUT2D eigenvalue weighted by molar-refractivity contribution is -0.884. The van der Waals surface area contributed by atoms with Crippen molar-refractivity contribution in [3.05, 3.63) is 108 Å². The summed E-state index contributed by atoms with van der Waals surface area (Å²) in [6.07, 6.45) is 4.59. The molecule has 0 fully saturated rings. The number of carbonyl (C=O) groups is 1. The zero-order valence-corrected chi connectivity index (χ0v) is 19.6. The predicted octanol–water partition coefficient (Wildman–Crippen LogP) is 4.84. The van der Waals surface area contributed by atoms with Gasteiger partial charge in [0.15, 0.2) is 5.65 Å². The maximum atomic E-state index is 14.0. The third-order valence-electron chi connectivity index (χ3n) is 6.12. The van der Waals surface area contributed by atoms with Gasteiger partial charge in [0.25, 0.3) is 11.4 Å². The molecule has 0 radical (unpaired) electrons. The van der Waals surface area contributed by atoms with Crippen LogP contribution in [0.4, 0.5) is 10.2 Å². The monoisotopic (exact) mass is 491 g/mol. The third-order valence-corrected chi connectivity index (χ3v) is 6.12. The molecule has 180 valence electrons. The number of nitrogens with one attached hydrogen (secondary N) is 1. The zero-order chi connectivity index (χ0) is 25.5. The summed E-state index contributed by atoms with van der Waals surface area (Å²) in [5.41, 5.74) is 4.75. The third kappa shape index (κ3) is 4.02. The van der Waals surface area contributed by atoms with Crippen molar-refractivity contribution in [1.82, 2.24) is 19.6 Å². The molecule has 0 atom stereocenters. The zero-order valence-electron chi connectivity index (χ0n) is 19.6. The molecule has 0 spiro atoms. The number of nitrogens with zero attached hydrogens (tertiary/aromatic N) is 5. The summed E-state index contributed by atoms with van der Waals surface area (Å²) < 4.78 is 16.6. The Balaban J connectivity index is 1.41. The molecule has 2 N–H and O–H groups in total. The van der Waals surface area contributed by atoms with Crippen molar-refractivity contribution in [2.45, 2.75) is 6.92 Å². The topological polar surface area (TPSA) is 96.3 Å². The van der Waals surface area contributed by atoms with Crippen LogP contribution in [0.15, 0.2) is 91.4 Å². The molecule has 0 unspecified atom stereocenters. The maximum absolute atomic E-state index is 14.0. The van der Waals surface area contributed by atoms with Crippen molar-refractivity contribution in [3.63, 3.8) is 0 Å². The summed E-state index contributed by atoms with van der Waals surface area (Å²) in [5.74, 6) is -0.407. The first-order valence-corrected chi connectivity index (χ1v) is 11.5. The molecule has 2 aromatic carbocycles. The summed E-state index contributed by atoms with van der Waals surface area (Å²) in [6, 6.07) is 20.9. The van der Waals surface area contributed by atoms with Crippen LogP contribution in [0.5, 0.6) is 0 Å². The van der Waals surface area contributed by atoms with Crippen LogP contribution in [-0.2, 0) is 0 Å². The minimum Gasteiger partial charge on any atom is -0.306 e. The first-order valence-electron chi connectivity index (χ1n) is 11.5. The van der Waals surface area contributed by atoms with Crippen molar-refractivity contribution in [3.8, 4) is 22.5 Å². The summed E-state index contributed by atoms with van der Waals surface area (Å²) in [7, 11) is 0. The Morgan fingerprint density at radius 1 is 1.00 bits per heavy atom. The number of carbonyl (C=O) groups excluding carboxylic acids is 1. The quantitative estimate of drug-likeness (QED) is 0.272. The van der Waals surface area contributed by atoms with Gasteiger partial charge in [0.2, 0.25) is 6.20 Å². The van der Waals surface area contributed by atoms with E-state index in [0.29, 0.717) is 39.5 Å². The van der Waals surface area contributed by atoms with Gasteiger partial charge in [-0.05, 0) is 67.1 Å². The lowest BCUT2D eigenvalue weighted by Gasteiger charge is -2.09. The van der Waals surface area contributed by atoms with Crippen LogP contribution in [0.1, 0.15) is 15.9 Å². The van der Waals surface area contributed by atoms with Gasteiger partial charge < -0.3 is 5.32 Å². The molecule has 4 heterocycles. The highest BCUT2D eigenvalue weighted by molar-refractivity contribution is 6.05. The van der Waals surface area contributed by atoms with Crippen molar-refractivity contribution in [2.75, 3.05) is 5.32 Å². The van der Waals surface area contributed by atoms with Crippen LogP contribution in [0.25, 0.3) is 39.1 Å². The number of aromatic nitrogens is 5. The molecule has 6 aromatic rings. The molecule has 0 saturated carbocycles. The Hall–Kier alpha value is -5.18. The standard InChI is InChI=1S/C28H19FN6O2/c1-17-13-19(8-9-22(17)29)26-27(35-25(33-26)7-4-11-31-35)20-10-12-30-24(15-20)32-28(36)21-14-18-5-2-3-6-23(18)34(37)16-21/h2-16H,1H3,(H-,30,32,36,37)/p+1. The van der Waals surface area contributed by atoms with Gasteiger partial charge in [-0.2, -0.15) is 5.10 Å². The molecule has 9 heteroatoms. The average molecular weight is 492 g/mol. The number of hydrogen-bond acceptors (Lipinski definition) is 5. The number of pyridine rings is 2. The molecule has 4 aromatic heterocycles. The second kappa shape index (κ2) is 8.80. The van der Waals surface area contributed by atoms with E-state index in [4.69, 9.17) is 4.98 Å². The highest BCUT2D eigenvalue weighted by Crippen LogP contribution is 2.33. The SMILES string of the molecule is Cc1cc(-c2nc3cccnn3c2-c2ccnc(NC(=O)c3cc4ccccc4[n+](O)c3)c2)ccc1F. The number of halogens is 1. The Morgan fingerprint density at radius 3 is 2.73 bits per heavy atom. The maximum Gasteiger partial charge on any atom is 0.264 e. The molecular weight excluding hydrogens is 471 g/mol. The van der Waals surface area contributed by atoms with Gasteiger partial charge in [-0.3, -0.25) is 10.0 Å². The molecule has 0 saturated heterocycles. The smallest absolute Gasteiger partial charge is 0.264 e. The summed E-state index contributed by atoms with van der Waals surface area (Å²) in [6.45, 7) is 1.70. The van der Waals surface area contributed by atoms with E-state index in [1.165, 1.54) is 12.3 Å². The Bertz CT molecular complexity index is 1830. The lowest BCUT2D eigenvalue weighted by atomic mass is 10.0. The highest BCUT2D eigenvalue weighted by Gasteiger charge is 2.20. The van der Waals surface area contributed by atoms with Crippen molar-refractivity contribution < 1.29 is 19.1 Å². The molecule has 0 bridgehead atoms. The predicted molar refractivity (Wildman–Crippen MR) is 136 cm³/mol. The van der Waals surface area contributed by atoms with Gasteiger partial charge in [0.1, 0.15) is 22.9 Å². The number of imidazole rings is 1. The number of para-hydroxylation sites is 1. The number of aryl methyl sites for hydroxylation is 1. The second-order valence-electron chi connectivity index (χ2n) is 8.58. The van der Waals surface area contributed by atoms with Crippen LogP contribution in [-0.4, -0.2) is 30.7 Å². The fourth-order valence-corrected chi connectivity index (χ4v) is 4.32. The fourth-order valence-electron chi connectivity index (χ4n) is 4.32. The first kappa shape index (κ1) is 22.3. The Morgan fingerprint density at radius 2 is 1.86 bits per heavy atom. The van der Waals surface area contributed by atoms with Gasteiger partial charge >= 0.3 is 0 Å². The number of anilines is 1. The number of rotatable bonds is 4. The Labute approximate surface area is 210 Å². The van der Waals surface area contributed by atoms with E-state index in [1.807, 2.05) is 18.2 Å². The molecule has 6 rings (SSSR count). The first-order chi connectivity index (χ1) is 18.0. The van der Waals surface area contributed by atoms with E-state index in [0.717, 1.165) is 15.7 Å². The largest absolute Gasteiger partial charge is 0.306 e. The van der Waals surface area contributed by atoms with Crippen LogP contribution < -0.4 is 10.0 Å². The average Bonchev–Trinajstić information content (AvgIpc) is 3.30. The molecule has 0 aliphatic rings. The van der Waals surface area contributed by atoms with E-state index in [9.17, 15) is 14.4 Å². The lowest BCUT2D eigenvalue weighted by Crippen LogP contribution is -2.32. The van der Waals surface area contributed by atoms with E-state index in [-0.39, 0.29) is 11.4 Å². The molecule has 8 nitrogen and oxygen atoms in total. The van der Waals surface area contributed by atoms with Crippen LogP contribution in [0, 0.1) is 12.7 Å². The van der Waals surface area contributed by atoms with Crippen LogP contribution in [0.2, 0.25) is 0 Å². The van der Waals surface area contributed by atoms with Gasteiger partial charge in [-0.25, -0.2) is 18.9 Å². The number of benzene rings is 2. The molecule has 0 aliphatic heterocycles. The summed E-state index contributed by atoms with van der Waals surface area (Å²) in [5, 5.41) is 18.3. The molecular formula is C28H20FN6O2+. The normalized spacial score (nSPS) is 11.2. The second-order valence-corrected chi connectivity index (χ2v) is 8.58. The molecule has 37 heavy (non-hydrogen) atoms. The van der Waals surface area contributed by atoms with E-state index >= 15 is 0 Å². The van der Waals surface area contributed by atoms with Gasteiger partial charge in [-0.1, -0.05) is 12.1 Å². The van der Waals surface area contributed by atoms with Crippen molar-refractivity contribution in [2.24, 2.45) is 0 Å².